The minimum atomic E-state index is -4.09. The third-order valence-electron chi connectivity index (χ3n) is 5.55. The van der Waals surface area contributed by atoms with Gasteiger partial charge in [0, 0.05) is 18.5 Å². The minimum Gasteiger partial charge on any atom is -0.390 e. The molecule has 28 heavy (non-hydrogen) atoms. The highest BCUT2D eigenvalue weighted by Crippen LogP contribution is 2.30. The van der Waals surface area contributed by atoms with Crippen molar-refractivity contribution in [2.45, 2.75) is 56.8 Å². The third-order valence-corrected chi connectivity index (χ3v) is 6.01. The smallest absolute Gasteiger partial charge is 0.333 e. The first-order chi connectivity index (χ1) is 13.3. The van der Waals surface area contributed by atoms with Gasteiger partial charge in [0.15, 0.2) is 0 Å². The van der Waals surface area contributed by atoms with Crippen LogP contribution in [0.3, 0.4) is 0 Å². The third kappa shape index (κ3) is 5.98. The number of rotatable bonds is 8. The lowest BCUT2D eigenvalue weighted by molar-refractivity contribution is 0.00778. The fraction of sp³-hybridized carbons (Fsp3) is 0.765. The second-order valence-electron chi connectivity index (χ2n) is 7.68. The highest BCUT2D eigenvalue weighted by Gasteiger charge is 2.42. The molecule has 0 amide bonds. The van der Waals surface area contributed by atoms with Crippen molar-refractivity contribution in [1.82, 2.24) is 9.97 Å². The van der Waals surface area contributed by atoms with Gasteiger partial charge in [0.05, 0.1) is 18.8 Å². The van der Waals surface area contributed by atoms with Gasteiger partial charge in [-0.15, -0.1) is 0 Å². The predicted molar refractivity (Wildman–Crippen MR) is 104 cm³/mol. The Morgan fingerprint density at radius 3 is 2.57 bits per heavy atom. The number of nitrogens with two attached hydrogens (primary N) is 1. The molecule has 11 heteroatoms. The lowest BCUT2D eigenvalue weighted by atomic mass is 9.89. The lowest BCUT2D eigenvalue weighted by Gasteiger charge is -2.22. The highest BCUT2D eigenvalue weighted by atomic mass is 32.2. The zero-order chi connectivity index (χ0) is 20.1. The van der Waals surface area contributed by atoms with Crippen LogP contribution in [0, 0.1) is 11.8 Å². The molecule has 0 unspecified atom stereocenters. The van der Waals surface area contributed by atoms with Gasteiger partial charge in [-0.2, -0.15) is 8.42 Å². The standard InChI is InChI=1S/C17H29N5O5S/c18-28(25,26)27-9-12-6-13(17(24)16(12)23)22-15-7-14(20-10-21-15)19-8-11-4-2-1-3-5-11/h7,10-13,16-17,23-24H,1-6,8-9H2,(H2,18,25,26)(H2,19,20,21,22)/t12-,13-,16-,17+/m1/s1. The second kappa shape index (κ2) is 9.31. The summed E-state index contributed by atoms with van der Waals surface area (Å²) in [7, 11) is -4.09. The first-order valence-electron chi connectivity index (χ1n) is 9.67. The van der Waals surface area contributed by atoms with Gasteiger partial charge in [-0.05, 0) is 25.2 Å². The largest absolute Gasteiger partial charge is 0.390 e. The molecule has 1 aromatic rings. The van der Waals surface area contributed by atoms with Gasteiger partial charge >= 0.3 is 10.3 Å². The van der Waals surface area contributed by atoms with Crippen molar-refractivity contribution in [2.24, 2.45) is 17.0 Å². The van der Waals surface area contributed by atoms with E-state index in [-0.39, 0.29) is 6.61 Å². The minimum absolute atomic E-state index is 0.285. The molecule has 3 rings (SSSR count). The molecule has 1 aromatic heterocycles. The van der Waals surface area contributed by atoms with Gasteiger partial charge in [0.2, 0.25) is 0 Å². The van der Waals surface area contributed by atoms with E-state index in [1.54, 1.807) is 6.07 Å². The number of aromatic nitrogens is 2. The van der Waals surface area contributed by atoms with Gasteiger partial charge < -0.3 is 20.8 Å². The average molecular weight is 416 g/mol. The molecule has 2 fully saturated rings. The lowest BCUT2D eigenvalue weighted by Crippen LogP contribution is -2.36. The van der Waals surface area contributed by atoms with E-state index >= 15 is 0 Å². The summed E-state index contributed by atoms with van der Waals surface area (Å²) in [6.45, 7) is 0.585. The molecule has 2 saturated carbocycles. The number of anilines is 2. The molecule has 2 aliphatic carbocycles. The summed E-state index contributed by atoms with van der Waals surface area (Å²) < 4.78 is 26.4. The van der Waals surface area contributed by atoms with Crippen molar-refractivity contribution >= 4 is 21.9 Å². The number of nitrogens with zero attached hydrogens (tertiary/aromatic N) is 2. The van der Waals surface area contributed by atoms with Gasteiger partial charge in [0.25, 0.3) is 0 Å². The van der Waals surface area contributed by atoms with Crippen LogP contribution in [-0.4, -0.2) is 60.0 Å². The van der Waals surface area contributed by atoms with Crippen LogP contribution in [0.5, 0.6) is 0 Å². The molecule has 10 nitrogen and oxygen atoms in total. The molecule has 0 bridgehead atoms. The number of hydrogen-bond donors (Lipinski definition) is 5. The molecule has 0 aliphatic heterocycles. The maximum atomic E-state index is 10.9. The van der Waals surface area contributed by atoms with Crippen LogP contribution in [0.25, 0.3) is 0 Å². The van der Waals surface area contributed by atoms with E-state index in [1.807, 2.05) is 0 Å². The predicted octanol–water partition coefficient (Wildman–Crippen LogP) is 0.211. The van der Waals surface area contributed by atoms with Crippen molar-refractivity contribution in [3.05, 3.63) is 12.4 Å². The van der Waals surface area contributed by atoms with Crippen LogP contribution in [0.1, 0.15) is 38.5 Å². The molecule has 0 radical (unpaired) electrons. The van der Waals surface area contributed by atoms with Crippen molar-refractivity contribution in [3.63, 3.8) is 0 Å². The van der Waals surface area contributed by atoms with Gasteiger partial charge in [0.1, 0.15) is 24.1 Å². The Morgan fingerprint density at radius 1 is 1.14 bits per heavy atom. The summed E-state index contributed by atoms with van der Waals surface area (Å²) in [6, 6.07) is 1.26. The molecule has 0 spiro atoms. The van der Waals surface area contributed by atoms with E-state index < -0.39 is 34.5 Å². The van der Waals surface area contributed by atoms with Gasteiger partial charge in [-0.1, -0.05) is 19.3 Å². The van der Waals surface area contributed by atoms with E-state index in [4.69, 9.17) is 5.14 Å². The fourth-order valence-electron chi connectivity index (χ4n) is 3.98. The normalized spacial score (nSPS) is 29.0. The summed E-state index contributed by atoms with van der Waals surface area (Å²) >= 11 is 0. The number of nitrogens with one attached hydrogen (secondary N) is 2. The Morgan fingerprint density at radius 2 is 1.86 bits per heavy atom. The summed E-state index contributed by atoms with van der Waals surface area (Å²) in [5.41, 5.74) is 0. The topological polar surface area (TPSA) is 160 Å². The second-order valence-corrected chi connectivity index (χ2v) is 8.90. The van der Waals surface area contributed by atoms with Crippen molar-refractivity contribution in [1.29, 1.82) is 0 Å². The number of aliphatic hydroxyl groups excluding tert-OH is 2. The summed E-state index contributed by atoms with van der Waals surface area (Å²) in [5, 5.41) is 31.6. The first kappa shape index (κ1) is 21.2. The van der Waals surface area contributed by atoms with Crippen molar-refractivity contribution in [2.75, 3.05) is 23.8 Å². The fourth-order valence-corrected chi connectivity index (χ4v) is 4.34. The summed E-state index contributed by atoms with van der Waals surface area (Å²) in [4.78, 5) is 8.39. The Labute approximate surface area is 165 Å². The number of aliphatic hydroxyl groups is 2. The Bertz CT molecular complexity index is 743. The van der Waals surface area contributed by atoms with Gasteiger partial charge in [-0.25, -0.2) is 15.1 Å². The van der Waals surface area contributed by atoms with Gasteiger partial charge in [-0.3, -0.25) is 4.18 Å². The molecule has 2 aliphatic rings. The first-order valence-corrected chi connectivity index (χ1v) is 11.1. The van der Waals surface area contributed by atoms with E-state index in [0.29, 0.717) is 24.0 Å². The Kier molecular flexibility index (Phi) is 7.05. The summed E-state index contributed by atoms with van der Waals surface area (Å²) in [5.74, 6) is 1.32. The van der Waals surface area contributed by atoms with Crippen molar-refractivity contribution < 1.29 is 22.8 Å². The zero-order valence-corrected chi connectivity index (χ0v) is 16.5. The SMILES string of the molecule is NS(=O)(=O)OC[C@H]1C[C@@H](Nc2cc(NCC3CCCCC3)ncn2)[C@H](O)[C@@H]1O. The van der Waals surface area contributed by atoms with E-state index in [0.717, 1.165) is 6.54 Å². The Hall–Kier alpha value is -1.53. The van der Waals surface area contributed by atoms with Crippen LogP contribution < -0.4 is 15.8 Å². The molecule has 0 saturated heterocycles. The maximum Gasteiger partial charge on any atom is 0.333 e. The number of hydrogen-bond acceptors (Lipinski definition) is 9. The molecule has 6 N–H and O–H groups in total. The molecular weight excluding hydrogens is 386 g/mol. The quantitative estimate of drug-likeness (QED) is 0.400. The highest BCUT2D eigenvalue weighted by molar-refractivity contribution is 7.84. The van der Waals surface area contributed by atoms with Crippen LogP contribution in [-0.2, 0) is 14.5 Å². The molecule has 1 heterocycles. The Balaban J connectivity index is 1.54. The van der Waals surface area contributed by atoms with E-state index in [2.05, 4.69) is 24.8 Å². The van der Waals surface area contributed by atoms with Crippen LogP contribution in [0.15, 0.2) is 12.4 Å². The van der Waals surface area contributed by atoms with Crippen LogP contribution in [0.4, 0.5) is 11.6 Å². The van der Waals surface area contributed by atoms with Crippen LogP contribution >= 0.6 is 0 Å². The summed E-state index contributed by atoms with van der Waals surface area (Å²) in [6.07, 6.45) is 5.89. The van der Waals surface area contributed by atoms with Crippen LogP contribution in [0.2, 0.25) is 0 Å². The van der Waals surface area contributed by atoms with E-state index in [9.17, 15) is 18.6 Å². The zero-order valence-electron chi connectivity index (χ0n) is 15.7. The average Bonchev–Trinajstić information content (AvgIpc) is 2.93. The van der Waals surface area contributed by atoms with E-state index in [1.165, 1.54) is 38.4 Å². The molecular formula is C17H29N5O5S. The molecule has 158 valence electrons. The molecule has 4 atom stereocenters. The van der Waals surface area contributed by atoms with Crippen molar-refractivity contribution in [3.8, 4) is 0 Å². The maximum absolute atomic E-state index is 10.9. The monoisotopic (exact) mass is 415 g/mol. The molecule has 0 aromatic carbocycles.